The molecular formula is C28H36O15. The van der Waals surface area contributed by atoms with Gasteiger partial charge in [0, 0.05) is 6.07 Å². The van der Waals surface area contributed by atoms with E-state index in [-0.39, 0.29) is 24.0 Å². The average molecular weight is 613 g/mol. The molecule has 5 rings (SSSR count). The molecular weight excluding hydrogens is 576 g/mol. The minimum Gasteiger partial charge on any atom is -0.497 e. The fourth-order valence-electron chi connectivity index (χ4n) is 5.10. The zero-order valence-corrected chi connectivity index (χ0v) is 23.1. The molecule has 2 saturated heterocycles. The highest BCUT2D eigenvalue weighted by Crippen LogP contribution is 2.43. The number of ether oxygens (including phenoxy) is 7. The van der Waals surface area contributed by atoms with Gasteiger partial charge in [-0.2, -0.15) is 0 Å². The Labute approximate surface area is 245 Å². The van der Waals surface area contributed by atoms with Crippen molar-refractivity contribution in [2.45, 2.75) is 74.3 Å². The summed E-state index contributed by atoms with van der Waals surface area (Å²) in [6.45, 7) is -1.27. The highest BCUT2D eigenvalue weighted by molar-refractivity contribution is 5.55. The van der Waals surface area contributed by atoms with Crippen molar-refractivity contribution in [3.05, 3.63) is 41.5 Å². The van der Waals surface area contributed by atoms with Crippen LogP contribution >= 0.6 is 0 Å². The zero-order valence-electron chi connectivity index (χ0n) is 23.1. The number of hydrogen-bond acceptors (Lipinski definition) is 15. The first-order chi connectivity index (χ1) is 20.6. The van der Waals surface area contributed by atoms with Gasteiger partial charge in [-0.05, 0) is 48.2 Å². The molecule has 8 N–H and O–H groups in total. The van der Waals surface area contributed by atoms with Gasteiger partial charge < -0.3 is 74.0 Å². The first-order valence-corrected chi connectivity index (χ1v) is 13.7. The summed E-state index contributed by atoms with van der Waals surface area (Å²) >= 11 is 0. The molecule has 3 heterocycles. The lowest BCUT2D eigenvalue weighted by molar-refractivity contribution is -0.277. The van der Waals surface area contributed by atoms with E-state index in [0.29, 0.717) is 24.3 Å². The summed E-state index contributed by atoms with van der Waals surface area (Å²) in [5, 5.41) is 80.0. The molecule has 15 nitrogen and oxygen atoms in total. The van der Waals surface area contributed by atoms with E-state index in [1.807, 2.05) is 0 Å². The van der Waals surface area contributed by atoms with Crippen LogP contribution in [-0.2, 0) is 22.3 Å². The van der Waals surface area contributed by atoms with E-state index in [2.05, 4.69) is 0 Å². The maximum absolute atomic E-state index is 10.4. The quantitative estimate of drug-likeness (QED) is 0.140. The molecule has 0 radical (unpaired) electrons. The second kappa shape index (κ2) is 13.4. The van der Waals surface area contributed by atoms with E-state index in [4.69, 9.17) is 33.2 Å². The second-order valence-corrected chi connectivity index (χ2v) is 10.5. The first kappa shape index (κ1) is 31.5. The minimum atomic E-state index is -1.61. The molecule has 0 aromatic heterocycles. The monoisotopic (exact) mass is 612 g/mol. The van der Waals surface area contributed by atoms with Gasteiger partial charge >= 0.3 is 0 Å². The lowest BCUT2D eigenvalue weighted by Crippen LogP contribution is -2.60. The third kappa shape index (κ3) is 6.61. The molecule has 3 aliphatic heterocycles. The van der Waals surface area contributed by atoms with Crippen LogP contribution in [0.1, 0.15) is 11.1 Å². The number of aliphatic hydroxyl groups excluding tert-OH is 8. The van der Waals surface area contributed by atoms with Crippen molar-refractivity contribution in [2.75, 3.05) is 27.1 Å². The first-order valence-electron chi connectivity index (χ1n) is 13.7. The third-order valence-electron chi connectivity index (χ3n) is 7.57. The largest absolute Gasteiger partial charge is 0.497 e. The maximum Gasteiger partial charge on any atom is 0.231 e. The number of fused-ring (bicyclic) bond motifs is 1. The normalized spacial score (nSPS) is 33.7. The SMILES string of the molecule is COc1cc(CCc2cc3c(c(O[C@@H]4O[C@H](CO)[C@@H](O)[C@H](O)[C@H]4O)c2)OCO3)cc(O[C@@H]2O[C@H](CO)[C@@H](O)[C@H](O)[C@H]2O)c1. The number of aliphatic hydroxyl groups is 8. The summed E-state index contributed by atoms with van der Waals surface area (Å²) in [5.41, 5.74) is 1.50. The standard InChI is InChI=1S/C28H36O15/c1-37-14-4-12(5-15(8-14)40-27-24(35)22(33)20(31)18(9-29)42-27)2-3-13-6-16-26(39-11-38-16)17(7-13)41-28-25(36)23(34)21(32)19(10-30)43-28/h4-8,18-25,27-36H,2-3,9-11H2,1H3/t18-,19-,20-,21-,22+,23+,24-,25-,27-,28-/m1/s1. The summed E-state index contributed by atoms with van der Waals surface area (Å²) in [6, 6.07) is 8.42. The van der Waals surface area contributed by atoms with Crippen LogP contribution in [0.5, 0.6) is 28.7 Å². The Balaban J connectivity index is 1.32. The highest BCUT2D eigenvalue weighted by atomic mass is 16.7. The molecule has 0 aliphatic carbocycles. The van der Waals surface area contributed by atoms with Crippen molar-refractivity contribution in [2.24, 2.45) is 0 Å². The predicted molar refractivity (Wildman–Crippen MR) is 142 cm³/mol. The van der Waals surface area contributed by atoms with Gasteiger partial charge in [0.1, 0.15) is 60.3 Å². The van der Waals surface area contributed by atoms with E-state index in [1.165, 1.54) is 7.11 Å². The topological polar surface area (TPSA) is 226 Å². The molecule has 2 fully saturated rings. The lowest BCUT2D eigenvalue weighted by Gasteiger charge is -2.39. The zero-order chi connectivity index (χ0) is 30.8. The Morgan fingerprint density at radius 3 is 1.79 bits per heavy atom. The second-order valence-electron chi connectivity index (χ2n) is 10.5. The fourth-order valence-corrected chi connectivity index (χ4v) is 5.10. The molecule has 43 heavy (non-hydrogen) atoms. The Morgan fingerprint density at radius 2 is 1.21 bits per heavy atom. The van der Waals surface area contributed by atoms with Crippen LogP contribution < -0.4 is 23.7 Å². The molecule has 238 valence electrons. The molecule has 0 bridgehead atoms. The molecule has 2 aromatic rings. The van der Waals surface area contributed by atoms with Crippen molar-refractivity contribution in [3.63, 3.8) is 0 Å². The van der Waals surface area contributed by atoms with Gasteiger partial charge in [-0.15, -0.1) is 0 Å². The Bertz CT molecular complexity index is 1240. The van der Waals surface area contributed by atoms with Crippen molar-refractivity contribution < 1.29 is 74.0 Å². The Morgan fingerprint density at radius 1 is 0.651 bits per heavy atom. The van der Waals surface area contributed by atoms with Gasteiger partial charge in [0.2, 0.25) is 25.1 Å². The molecule has 15 heteroatoms. The van der Waals surface area contributed by atoms with Gasteiger partial charge in [0.15, 0.2) is 11.5 Å². The highest BCUT2D eigenvalue weighted by Gasteiger charge is 2.46. The van der Waals surface area contributed by atoms with Crippen LogP contribution in [-0.4, -0.2) is 129 Å². The van der Waals surface area contributed by atoms with E-state index in [1.54, 1.807) is 30.3 Å². The predicted octanol–water partition coefficient (Wildman–Crippen LogP) is -2.43. The summed E-state index contributed by atoms with van der Waals surface area (Å²) in [6.07, 6.45) is -13.6. The van der Waals surface area contributed by atoms with E-state index in [0.717, 1.165) is 11.1 Å². The summed E-state index contributed by atoms with van der Waals surface area (Å²) < 4.78 is 39.0. The van der Waals surface area contributed by atoms with Gasteiger partial charge in [0.25, 0.3) is 0 Å². The van der Waals surface area contributed by atoms with E-state index < -0.39 is 74.6 Å². The van der Waals surface area contributed by atoms with Crippen molar-refractivity contribution in [1.82, 2.24) is 0 Å². The van der Waals surface area contributed by atoms with Gasteiger partial charge in [-0.25, -0.2) is 0 Å². The van der Waals surface area contributed by atoms with Crippen LogP contribution in [0.4, 0.5) is 0 Å². The van der Waals surface area contributed by atoms with Crippen LogP contribution in [0.15, 0.2) is 30.3 Å². The lowest BCUT2D eigenvalue weighted by atomic mass is 9.99. The average Bonchev–Trinajstić information content (AvgIpc) is 3.49. The molecule has 3 aliphatic rings. The van der Waals surface area contributed by atoms with Crippen LogP contribution in [0.3, 0.4) is 0 Å². The van der Waals surface area contributed by atoms with Gasteiger partial charge in [0.05, 0.1) is 20.3 Å². The van der Waals surface area contributed by atoms with Gasteiger partial charge in [-0.3, -0.25) is 0 Å². The number of aryl methyl sites for hydroxylation is 2. The number of hydrogen-bond donors (Lipinski definition) is 8. The maximum atomic E-state index is 10.4. The van der Waals surface area contributed by atoms with Crippen LogP contribution in [0.2, 0.25) is 0 Å². The molecule has 10 atom stereocenters. The van der Waals surface area contributed by atoms with E-state index >= 15 is 0 Å². The third-order valence-corrected chi connectivity index (χ3v) is 7.57. The van der Waals surface area contributed by atoms with Crippen molar-refractivity contribution in [1.29, 1.82) is 0 Å². The summed E-state index contributed by atoms with van der Waals surface area (Å²) in [4.78, 5) is 0. The van der Waals surface area contributed by atoms with Gasteiger partial charge in [-0.1, -0.05) is 0 Å². The molecule has 0 amide bonds. The molecule has 0 spiro atoms. The van der Waals surface area contributed by atoms with E-state index in [9.17, 15) is 40.9 Å². The van der Waals surface area contributed by atoms with Crippen LogP contribution in [0, 0.1) is 0 Å². The number of rotatable bonds is 10. The minimum absolute atomic E-state index is 0.0711. The summed E-state index contributed by atoms with van der Waals surface area (Å²) in [5.74, 6) is 1.49. The molecule has 0 saturated carbocycles. The van der Waals surface area contributed by atoms with Crippen molar-refractivity contribution >= 4 is 0 Å². The Hall–Kier alpha value is -2.96. The smallest absolute Gasteiger partial charge is 0.231 e. The number of methoxy groups -OCH3 is 1. The summed E-state index contributed by atoms with van der Waals surface area (Å²) in [7, 11) is 1.47. The Kier molecular flexibility index (Phi) is 9.77. The molecule has 2 aromatic carbocycles. The fraction of sp³-hybridized carbons (Fsp3) is 0.571. The van der Waals surface area contributed by atoms with Crippen LogP contribution in [0.25, 0.3) is 0 Å². The van der Waals surface area contributed by atoms with Crippen molar-refractivity contribution in [3.8, 4) is 28.7 Å². The molecule has 0 unspecified atom stereocenters. The number of benzene rings is 2.